The molecule has 0 saturated carbocycles. The molecule has 182 valence electrons. The number of aromatic nitrogens is 3. The van der Waals surface area contributed by atoms with Gasteiger partial charge in [0.2, 0.25) is 11.9 Å². The second kappa shape index (κ2) is 10.4. The van der Waals surface area contributed by atoms with Gasteiger partial charge in [-0.25, -0.2) is 0 Å². The van der Waals surface area contributed by atoms with E-state index >= 15 is 0 Å². The molecule has 0 saturated heterocycles. The molecule has 0 amide bonds. The monoisotopic (exact) mass is 460 g/mol. The van der Waals surface area contributed by atoms with Gasteiger partial charge in [0.15, 0.2) is 0 Å². The maximum Gasteiger partial charge on any atom is 0.232 e. The summed E-state index contributed by atoms with van der Waals surface area (Å²) in [6.45, 7) is 17.3. The fourth-order valence-corrected chi connectivity index (χ4v) is 3.65. The minimum Gasteiger partial charge on any atom is -0.380 e. The van der Waals surface area contributed by atoms with Gasteiger partial charge < -0.3 is 16.0 Å². The van der Waals surface area contributed by atoms with Crippen molar-refractivity contribution in [2.75, 3.05) is 16.0 Å². The van der Waals surface area contributed by atoms with Crippen LogP contribution in [0, 0.1) is 13.8 Å². The number of nitrogens with zero attached hydrogens (tertiary/aromatic N) is 3. The van der Waals surface area contributed by atoms with Crippen molar-refractivity contribution in [3.63, 3.8) is 0 Å². The number of hydrogen-bond donors (Lipinski definition) is 3. The van der Waals surface area contributed by atoms with Crippen molar-refractivity contribution in [2.24, 2.45) is 0 Å². The van der Waals surface area contributed by atoms with E-state index < -0.39 is 0 Å². The summed E-state index contributed by atoms with van der Waals surface area (Å²) in [6.07, 6.45) is 3.03. The van der Waals surface area contributed by atoms with Crippen LogP contribution in [-0.4, -0.2) is 20.5 Å². The minimum absolute atomic E-state index is 0.0621. The number of aryl methyl sites for hydroxylation is 2. The van der Waals surface area contributed by atoms with E-state index in [2.05, 4.69) is 102 Å². The van der Waals surface area contributed by atoms with E-state index in [9.17, 15) is 0 Å². The standard InChI is InChI=1S/C28H40N6/c1-9-27(6,7)24-31-25(33-26(32-24)30-23-19(4)14-12-15-20(23)5)29-21-16-13-17-22(18-21)34-28(8,10-2)11-3/h12-18,34H,9-11H2,1-8H3,(H2,29,30,31,32,33). The fraction of sp³-hybridized carbons (Fsp3) is 0.464. The van der Waals surface area contributed by atoms with Gasteiger partial charge in [-0.2, -0.15) is 15.0 Å². The lowest BCUT2D eigenvalue weighted by Crippen LogP contribution is -2.32. The second-order valence-corrected chi connectivity index (χ2v) is 10.0. The SMILES string of the molecule is CCC(C)(CC)Nc1cccc(Nc2nc(Nc3c(C)cccc3C)nc(C(C)(C)CC)n2)c1. The van der Waals surface area contributed by atoms with Crippen LogP contribution in [0.1, 0.15) is 77.8 Å². The van der Waals surface area contributed by atoms with Crippen LogP contribution in [0.4, 0.5) is 29.0 Å². The van der Waals surface area contributed by atoms with E-state index in [4.69, 9.17) is 15.0 Å². The molecule has 0 aliphatic heterocycles. The molecule has 3 aromatic rings. The van der Waals surface area contributed by atoms with E-state index in [0.717, 1.165) is 53.3 Å². The van der Waals surface area contributed by atoms with Crippen molar-refractivity contribution >= 4 is 29.0 Å². The average molecular weight is 461 g/mol. The van der Waals surface area contributed by atoms with E-state index in [1.165, 1.54) is 0 Å². The quantitative estimate of drug-likeness (QED) is 0.288. The van der Waals surface area contributed by atoms with Gasteiger partial charge in [0, 0.05) is 28.0 Å². The zero-order chi connectivity index (χ0) is 24.9. The number of anilines is 5. The Balaban J connectivity index is 1.96. The first kappa shape index (κ1) is 25.5. The van der Waals surface area contributed by atoms with Crippen LogP contribution in [-0.2, 0) is 5.41 Å². The zero-order valence-corrected chi connectivity index (χ0v) is 22.0. The van der Waals surface area contributed by atoms with Gasteiger partial charge in [0.1, 0.15) is 5.82 Å². The van der Waals surface area contributed by atoms with Crippen LogP contribution in [0.2, 0.25) is 0 Å². The second-order valence-electron chi connectivity index (χ2n) is 10.0. The highest BCUT2D eigenvalue weighted by atomic mass is 15.2. The molecule has 0 aliphatic carbocycles. The van der Waals surface area contributed by atoms with Crippen molar-refractivity contribution in [3.05, 3.63) is 59.4 Å². The van der Waals surface area contributed by atoms with Crippen LogP contribution in [0.15, 0.2) is 42.5 Å². The molecule has 6 nitrogen and oxygen atoms in total. The van der Waals surface area contributed by atoms with Crippen LogP contribution in [0.25, 0.3) is 0 Å². The van der Waals surface area contributed by atoms with E-state index in [1.54, 1.807) is 0 Å². The number of para-hydroxylation sites is 1. The smallest absolute Gasteiger partial charge is 0.232 e. The molecule has 0 atom stereocenters. The van der Waals surface area contributed by atoms with Crippen molar-refractivity contribution < 1.29 is 0 Å². The molecule has 0 aliphatic rings. The molecular formula is C28H40N6. The Morgan fingerprint density at radius 1 is 0.706 bits per heavy atom. The summed E-state index contributed by atoms with van der Waals surface area (Å²) in [5.74, 6) is 1.84. The minimum atomic E-state index is -0.177. The maximum atomic E-state index is 4.80. The van der Waals surface area contributed by atoms with Crippen LogP contribution < -0.4 is 16.0 Å². The van der Waals surface area contributed by atoms with Crippen LogP contribution >= 0.6 is 0 Å². The summed E-state index contributed by atoms with van der Waals surface area (Å²) < 4.78 is 0. The molecule has 6 heteroatoms. The van der Waals surface area contributed by atoms with E-state index in [0.29, 0.717) is 11.9 Å². The number of rotatable bonds is 10. The van der Waals surface area contributed by atoms with E-state index in [1.807, 2.05) is 12.1 Å². The van der Waals surface area contributed by atoms with Gasteiger partial charge in [0.25, 0.3) is 0 Å². The topological polar surface area (TPSA) is 74.8 Å². The lowest BCUT2D eigenvalue weighted by atomic mass is 9.89. The summed E-state index contributed by atoms with van der Waals surface area (Å²) in [4.78, 5) is 14.3. The third-order valence-corrected chi connectivity index (χ3v) is 6.97. The first-order chi connectivity index (χ1) is 16.1. The summed E-state index contributed by atoms with van der Waals surface area (Å²) >= 11 is 0. The van der Waals surface area contributed by atoms with E-state index in [-0.39, 0.29) is 11.0 Å². The summed E-state index contributed by atoms with van der Waals surface area (Å²) in [6, 6.07) is 14.5. The van der Waals surface area contributed by atoms with Crippen LogP contribution in [0.5, 0.6) is 0 Å². The number of hydrogen-bond acceptors (Lipinski definition) is 6. The highest BCUT2D eigenvalue weighted by Crippen LogP contribution is 2.29. The Kier molecular flexibility index (Phi) is 7.80. The summed E-state index contributed by atoms with van der Waals surface area (Å²) in [5.41, 5.74) is 5.23. The average Bonchev–Trinajstić information content (AvgIpc) is 2.81. The van der Waals surface area contributed by atoms with Crippen molar-refractivity contribution in [2.45, 2.75) is 85.6 Å². The molecule has 0 bridgehead atoms. The molecule has 34 heavy (non-hydrogen) atoms. The Morgan fingerprint density at radius 2 is 1.26 bits per heavy atom. The zero-order valence-electron chi connectivity index (χ0n) is 22.0. The van der Waals surface area contributed by atoms with Gasteiger partial charge in [-0.3, -0.25) is 0 Å². The van der Waals surface area contributed by atoms with Crippen molar-refractivity contribution in [1.82, 2.24) is 15.0 Å². The molecule has 1 heterocycles. The van der Waals surface area contributed by atoms with Crippen molar-refractivity contribution in [3.8, 4) is 0 Å². The molecule has 0 radical (unpaired) electrons. The number of benzene rings is 2. The first-order valence-corrected chi connectivity index (χ1v) is 12.3. The Labute approximate surface area is 205 Å². The van der Waals surface area contributed by atoms with Gasteiger partial charge >= 0.3 is 0 Å². The van der Waals surface area contributed by atoms with Crippen molar-refractivity contribution in [1.29, 1.82) is 0 Å². The third-order valence-electron chi connectivity index (χ3n) is 6.97. The molecule has 0 fully saturated rings. The molecule has 3 N–H and O–H groups in total. The molecule has 3 rings (SSSR count). The Morgan fingerprint density at radius 3 is 1.85 bits per heavy atom. The maximum absolute atomic E-state index is 4.80. The highest BCUT2D eigenvalue weighted by Gasteiger charge is 2.24. The number of nitrogens with one attached hydrogen (secondary N) is 3. The normalized spacial score (nSPS) is 11.9. The highest BCUT2D eigenvalue weighted by molar-refractivity contribution is 5.65. The predicted molar refractivity (Wildman–Crippen MR) is 145 cm³/mol. The molecular weight excluding hydrogens is 420 g/mol. The third kappa shape index (κ3) is 6.04. The molecule has 2 aromatic carbocycles. The Hall–Kier alpha value is -3.15. The lowest BCUT2D eigenvalue weighted by molar-refractivity contribution is 0.472. The molecule has 1 aromatic heterocycles. The van der Waals surface area contributed by atoms with Gasteiger partial charge in [0.05, 0.1) is 0 Å². The summed E-state index contributed by atoms with van der Waals surface area (Å²) in [5, 5.41) is 10.5. The van der Waals surface area contributed by atoms with Gasteiger partial charge in [-0.05, 0) is 69.4 Å². The van der Waals surface area contributed by atoms with Crippen LogP contribution in [0.3, 0.4) is 0 Å². The Bertz CT molecular complexity index is 1100. The fourth-order valence-electron chi connectivity index (χ4n) is 3.65. The summed E-state index contributed by atoms with van der Waals surface area (Å²) in [7, 11) is 0. The first-order valence-electron chi connectivity index (χ1n) is 12.3. The largest absolute Gasteiger partial charge is 0.380 e. The van der Waals surface area contributed by atoms with Gasteiger partial charge in [-0.15, -0.1) is 0 Å². The molecule has 0 unspecified atom stereocenters. The molecule has 0 spiro atoms. The van der Waals surface area contributed by atoms with Gasteiger partial charge in [-0.1, -0.05) is 58.9 Å². The predicted octanol–water partition coefficient (Wildman–Crippen LogP) is 7.65. The lowest BCUT2D eigenvalue weighted by Gasteiger charge is -2.29.